The number of amides is 2. The van der Waals surface area contributed by atoms with E-state index in [2.05, 4.69) is 10.6 Å². The topological polar surface area (TPSA) is 76.7 Å². The SMILES string of the molecule is CCOc1ccc(CCC(=O)Nc2ccccc2C(=O)NC2CCCCC2)cc1OCC. The molecule has 6 heteroatoms. The van der Waals surface area contributed by atoms with Gasteiger partial charge in [0, 0.05) is 12.5 Å². The Kier molecular flexibility index (Phi) is 8.96. The Balaban J connectivity index is 1.59. The van der Waals surface area contributed by atoms with Crippen molar-refractivity contribution in [3.8, 4) is 11.5 Å². The average Bonchev–Trinajstić information content (AvgIpc) is 2.80. The van der Waals surface area contributed by atoms with Crippen molar-refractivity contribution >= 4 is 17.5 Å². The van der Waals surface area contributed by atoms with Gasteiger partial charge in [-0.05, 0) is 62.9 Å². The van der Waals surface area contributed by atoms with E-state index in [0.717, 1.165) is 31.2 Å². The van der Waals surface area contributed by atoms with Crippen LogP contribution in [-0.2, 0) is 11.2 Å². The summed E-state index contributed by atoms with van der Waals surface area (Å²) in [6.45, 7) is 4.97. The van der Waals surface area contributed by atoms with Crippen LogP contribution in [0.5, 0.6) is 11.5 Å². The predicted molar refractivity (Wildman–Crippen MR) is 127 cm³/mol. The van der Waals surface area contributed by atoms with Gasteiger partial charge in [-0.3, -0.25) is 9.59 Å². The van der Waals surface area contributed by atoms with Gasteiger partial charge in [0.05, 0.1) is 24.5 Å². The second-order valence-corrected chi connectivity index (χ2v) is 8.05. The molecule has 2 amide bonds. The van der Waals surface area contributed by atoms with Crippen LogP contribution in [0, 0.1) is 0 Å². The highest BCUT2D eigenvalue weighted by Gasteiger charge is 2.19. The lowest BCUT2D eigenvalue weighted by Gasteiger charge is -2.23. The van der Waals surface area contributed by atoms with Crippen LogP contribution in [0.25, 0.3) is 0 Å². The predicted octanol–water partition coefficient (Wildman–Crippen LogP) is 5.12. The quantitative estimate of drug-likeness (QED) is 0.540. The number of nitrogens with one attached hydrogen (secondary N) is 2. The normalized spacial score (nSPS) is 13.9. The molecule has 0 bridgehead atoms. The minimum Gasteiger partial charge on any atom is -0.490 e. The first-order valence-corrected chi connectivity index (χ1v) is 11.7. The van der Waals surface area contributed by atoms with E-state index in [4.69, 9.17) is 9.47 Å². The summed E-state index contributed by atoms with van der Waals surface area (Å²) in [5.41, 5.74) is 2.05. The summed E-state index contributed by atoms with van der Waals surface area (Å²) in [4.78, 5) is 25.4. The summed E-state index contributed by atoms with van der Waals surface area (Å²) in [6.07, 6.45) is 6.45. The molecule has 172 valence electrons. The maximum atomic E-state index is 12.8. The fraction of sp³-hybridized carbons (Fsp3) is 0.462. The Morgan fingerprint density at radius 3 is 2.41 bits per heavy atom. The molecular weight excluding hydrogens is 404 g/mol. The van der Waals surface area contributed by atoms with Gasteiger partial charge >= 0.3 is 0 Å². The van der Waals surface area contributed by atoms with Gasteiger partial charge in [0.2, 0.25) is 5.91 Å². The van der Waals surface area contributed by atoms with E-state index in [9.17, 15) is 9.59 Å². The molecule has 0 aromatic heterocycles. The lowest BCUT2D eigenvalue weighted by atomic mass is 9.95. The first-order chi connectivity index (χ1) is 15.6. The van der Waals surface area contributed by atoms with E-state index < -0.39 is 0 Å². The van der Waals surface area contributed by atoms with Crippen molar-refractivity contribution in [2.75, 3.05) is 18.5 Å². The molecule has 3 rings (SSSR count). The van der Waals surface area contributed by atoms with Gasteiger partial charge in [-0.2, -0.15) is 0 Å². The summed E-state index contributed by atoms with van der Waals surface area (Å²) >= 11 is 0. The molecule has 0 atom stereocenters. The van der Waals surface area contributed by atoms with Crippen LogP contribution in [0.1, 0.15) is 68.3 Å². The third kappa shape index (κ3) is 6.74. The van der Waals surface area contributed by atoms with Gasteiger partial charge in [-0.25, -0.2) is 0 Å². The van der Waals surface area contributed by atoms with Crippen LogP contribution in [0.4, 0.5) is 5.69 Å². The van der Waals surface area contributed by atoms with Gasteiger partial charge in [-0.1, -0.05) is 37.5 Å². The molecule has 0 unspecified atom stereocenters. The molecule has 2 aromatic rings. The van der Waals surface area contributed by atoms with Crippen LogP contribution in [0.15, 0.2) is 42.5 Å². The molecule has 1 aliphatic rings. The summed E-state index contributed by atoms with van der Waals surface area (Å²) in [5, 5.41) is 6.04. The molecule has 32 heavy (non-hydrogen) atoms. The molecule has 0 saturated heterocycles. The van der Waals surface area contributed by atoms with Crippen molar-refractivity contribution < 1.29 is 19.1 Å². The number of para-hydroxylation sites is 1. The lowest BCUT2D eigenvalue weighted by Crippen LogP contribution is -2.36. The van der Waals surface area contributed by atoms with E-state index in [1.54, 1.807) is 12.1 Å². The van der Waals surface area contributed by atoms with Crippen LogP contribution < -0.4 is 20.1 Å². The number of carbonyl (C=O) groups excluding carboxylic acids is 2. The Hall–Kier alpha value is -3.02. The van der Waals surface area contributed by atoms with Crippen LogP contribution >= 0.6 is 0 Å². The fourth-order valence-corrected chi connectivity index (χ4v) is 4.02. The maximum absolute atomic E-state index is 12.8. The van der Waals surface area contributed by atoms with Gasteiger partial charge < -0.3 is 20.1 Å². The van der Waals surface area contributed by atoms with Crippen molar-refractivity contribution in [3.05, 3.63) is 53.6 Å². The minimum atomic E-state index is -0.130. The van der Waals surface area contributed by atoms with Crippen molar-refractivity contribution in [3.63, 3.8) is 0 Å². The third-order valence-corrected chi connectivity index (χ3v) is 5.63. The van der Waals surface area contributed by atoms with E-state index in [0.29, 0.717) is 48.8 Å². The van der Waals surface area contributed by atoms with Gasteiger partial charge in [-0.15, -0.1) is 0 Å². The zero-order valence-corrected chi connectivity index (χ0v) is 19.1. The second kappa shape index (κ2) is 12.1. The summed E-state index contributed by atoms with van der Waals surface area (Å²) < 4.78 is 11.3. The number of ether oxygens (including phenoxy) is 2. The zero-order chi connectivity index (χ0) is 22.8. The number of hydrogen-bond donors (Lipinski definition) is 2. The summed E-state index contributed by atoms with van der Waals surface area (Å²) in [5.74, 6) is 1.15. The van der Waals surface area contributed by atoms with E-state index in [1.807, 2.05) is 44.2 Å². The number of rotatable bonds is 10. The highest BCUT2D eigenvalue weighted by molar-refractivity contribution is 6.03. The van der Waals surface area contributed by atoms with E-state index >= 15 is 0 Å². The first-order valence-electron chi connectivity index (χ1n) is 11.7. The smallest absolute Gasteiger partial charge is 0.253 e. The minimum absolute atomic E-state index is 0.124. The summed E-state index contributed by atoms with van der Waals surface area (Å²) in [7, 11) is 0. The molecular formula is C26H34N2O4. The van der Waals surface area contributed by atoms with Gasteiger partial charge in [0.25, 0.3) is 5.91 Å². The number of carbonyl (C=O) groups is 2. The maximum Gasteiger partial charge on any atom is 0.253 e. The fourth-order valence-electron chi connectivity index (χ4n) is 4.02. The molecule has 0 heterocycles. The lowest BCUT2D eigenvalue weighted by molar-refractivity contribution is -0.116. The Morgan fingerprint density at radius 1 is 0.938 bits per heavy atom. The largest absolute Gasteiger partial charge is 0.490 e. The van der Waals surface area contributed by atoms with Crippen LogP contribution in [0.2, 0.25) is 0 Å². The van der Waals surface area contributed by atoms with Gasteiger partial charge in [0.15, 0.2) is 11.5 Å². The molecule has 1 aliphatic carbocycles. The molecule has 2 aromatic carbocycles. The number of benzene rings is 2. The van der Waals surface area contributed by atoms with Gasteiger partial charge in [0.1, 0.15) is 0 Å². The Morgan fingerprint density at radius 2 is 1.66 bits per heavy atom. The number of hydrogen-bond acceptors (Lipinski definition) is 4. The van der Waals surface area contributed by atoms with E-state index in [1.165, 1.54) is 6.42 Å². The molecule has 0 aliphatic heterocycles. The molecule has 2 N–H and O–H groups in total. The van der Waals surface area contributed by atoms with Crippen molar-refractivity contribution in [2.24, 2.45) is 0 Å². The van der Waals surface area contributed by atoms with Crippen LogP contribution in [0.3, 0.4) is 0 Å². The van der Waals surface area contributed by atoms with Crippen molar-refractivity contribution in [2.45, 2.75) is 64.8 Å². The Labute approximate surface area is 190 Å². The molecule has 1 saturated carbocycles. The third-order valence-electron chi connectivity index (χ3n) is 5.63. The number of aryl methyl sites for hydroxylation is 1. The summed E-state index contributed by atoms with van der Waals surface area (Å²) in [6, 6.07) is 13.2. The average molecular weight is 439 g/mol. The van der Waals surface area contributed by atoms with E-state index in [-0.39, 0.29) is 17.9 Å². The molecule has 6 nitrogen and oxygen atoms in total. The van der Waals surface area contributed by atoms with Crippen molar-refractivity contribution in [1.82, 2.24) is 5.32 Å². The van der Waals surface area contributed by atoms with Crippen molar-refractivity contribution in [1.29, 1.82) is 0 Å². The molecule has 0 radical (unpaired) electrons. The van der Waals surface area contributed by atoms with Crippen LogP contribution in [-0.4, -0.2) is 31.1 Å². The zero-order valence-electron chi connectivity index (χ0n) is 19.1. The molecule has 0 spiro atoms. The second-order valence-electron chi connectivity index (χ2n) is 8.05. The Bertz CT molecular complexity index is 906. The molecule has 1 fully saturated rings. The number of anilines is 1. The highest BCUT2D eigenvalue weighted by atomic mass is 16.5. The standard InChI is InChI=1S/C26H34N2O4/c1-3-31-23-16-14-19(18-24(23)32-4-2)15-17-25(29)28-22-13-9-8-12-21(22)26(30)27-20-10-6-5-7-11-20/h8-9,12-14,16,18,20H,3-7,10-11,15,17H2,1-2H3,(H,27,30)(H,28,29). The first kappa shape index (κ1) is 23.6. The monoisotopic (exact) mass is 438 g/mol. The highest BCUT2D eigenvalue weighted by Crippen LogP contribution is 2.29.